The predicted molar refractivity (Wildman–Crippen MR) is 82.9 cm³/mol. The average molecular weight is 314 g/mol. The van der Waals surface area contributed by atoms with Crippen LogP contribution in [-0.4, -0.2) is 23.2 Å². The number of hydrogen-bond acceptors (Lipinski definition) is 4. The van der Waals surface area contributed by atoms with Crippen LogP contribution in [0.2, 0.25) is 0 Å². The van der Waals surface area contributed by atoms with Gasteiger partial charge in [-0.2, -0.15) is 5.10 Å². The standard InChI is InChI=1S/C15H14N4O2S/c1-11-10-15(12-6-8-17-9-7-12)19(18-11)13-2-4-14(5-3-13)22(16,20)21/h2-10H,1H3,(H2,16,20,21). The van der Waals surface area contributed by atoms with E-state index in [1.807, 2.05) is 25.1 Å². The number of rotatable bonds is 3. The van der Waals surface area contributed by atoms with Gasteiger partial charge < -0.3 is 0 Å². The van der Waals surface area contributed by atoms with Gasteiger partial charge in [0, 0.05) is 18.0 Å². The summed E-state index contributed by atoms with van der Waals surface area (Å²) in [5.41, 5.74) is 3.50. The highest BCUT2D eigenvalue weighted by molar-refractivity contribution is 7.89. The fourth-order valence-corrected chi connectivity index (χ4v) is 2.72. The van der Waals surface area contributed by atoms with Crippen LogP contribution in [0.1, 0.15) is 5.69 Å². The summed E-state index contributed by atoms with van der Waals surface area (Å²) in [7, 11) is -3.70. The van der Waals surface area contributed by atoms with Crippen LogP contribution in [0.25, 0.3) is 16.9 Å². The third kappa shape index (κ3) is 2.76. The lowest BCUT2D eigenvalue weighted by atomic mass is 10.2. The van der Waals surface area contributed by atoms with Crippen LogP contribution in [0.15, 0.2) is 59.8 Å². The Bertz CT molecular complexity index is 900. The zero-order valence-electron chi connectivity index (χ0n) is 11.8. The first-order valence-corrected chi connectivity index (χ1v) is 8.10. The van der Waals surface area contributed by atoms with Crippen LogP contribution in [0.4, 0.5) is 0 Å². The number of pyridine rings is 1. The molecule has 3 rings (SSSR count). The number of nitrogens with two attached hydrogens (primary N) is 1. The lowest BCUT2D eigenvalue weighted by Crippen LogP contribution is -2.12. The van der Waals surface area contributed by atoms with E-state index in [0.717, 1.165) is 22.6 Å². The Labute approximate surface area is 128 Å². The topological polar surface area (TPSA) is 90.9 Å². The first-order valence-electron chi connectivity index (χ1n) is 6.55. The van der Waals surface area contributed by atoms with Crippen LogP contribution in [0, 0.1) is 6.92 Å². The van der Waals surface area contributed by atoms with Crippen LogP contribution < -0.4 is 5.14 Å². The van der Waals surface area contributed by atoms with Crippen LogP contribution in [0.5, 0.6) is 0 Å². The SMILES string of the molecule is Cc1cc(-c2ccncc2)n(-c2ccc(S(N)(=O)=O)cc2)n1. The second kappa shape index (κ2) is 5.36. The van der Waals surface area contributed by atoms with E-state index < -0.39 is 10.0 Å². The lowest BCUT2D eigenvalue weighted by molar-refractivity contribution is 0.598. The zero-order chi connectivity index (χ0) is 15.7. The monoisotopic (exact) mass is 314 g/mol. The fourth-order valence-electron chi connectivity index (χ4n) is 2.20. The van der Waals surface area contributed by atoms with E-state index in [1.165, 1.54) is 12.1 Å². The molecule has 0 amide bonds. The summed E-state index contributed by atoms with van der Waals surface area (Å²) in [6, 6.07) is 12.0. The van der Waals surface area contributed by atoms with Gasteiger partial charge in [0.05, 0.1) is 22.0 Å². The number of primary sulfonamides is 1. The maximum absolute atomic E-state index is 11.3. The predicted octanol–water partition coefficient (Wildman–Crippen LogP) is 1.89. The van der Waals surface area contributed by atoms with Crippen LogP contribution in [-0.2, 0) is 10.0 Å². The van der Waals surface area contributed by atoms with Crippen molar-refractivity contribution in [2.75, 3.05) is 0 Å². The van der Waals surface area contributed by atoms with Gasteiger partial charge in [-0.05, 0) is 49.4 Å². The quantitative estimate of drug-likeness (QED) is 0.799. The molecule has 112 valence electrons. The van der Waals surface area contributed by atoms with E-state index in [1.54, 1.807) is 29.2 Å². The second-order valence-electron chi connectivity index (χ2n) is 4.86. The average Bonchev–Trinajstić information content (AvgIpc) is 2.89. The second-order valence-corrected chi connectivity index (χ2v) is 6.42. The number of sulfonamides is 1. The molecule has 2 N–H and O–H groups in total. The Morgan fingerprint density at radius 3 is 2.27 bits per heavy atom. The van der Waals surface area contributed by atoms with Crippen molar-refractivity contribution in [3.8, 4) is 16.9 Å². The highest BCUT2D eigenvalue weighted by Crippen LogP contribution is 2.23. The largest absolute Gasteiger partial charge is 0.265 e. The molecule has 0 atom stereocenters. The van der Waals surface area contributed by atoms with Crippen molar-refractivity contribution in [2.24, 2.45) is 5.14 Å². The number of hydrogen-bond donors (Lipinski definition) is 1. The molecule has 2 heterocycles. The van der Waals surface area contributed by atoms with E-state index in [4.69, 9.17) is 5.14 Å². The molecule has 0 aliphatic rings. The van der Waals surface area contributed by atoms with Gasteiger partial charge in [-0.1, -0.05) is 0 Å². The molecule has 0 saturated heterocycles. The summed E-state index contributed by atoms with van der Waals surface area (Å²) >= 11 is 0. The summed E-state index contributed by atoms with van der Waals surface area (Å²) in [5.74, 6) is 0. The molecule has 6 nitrogen and oxygen atoms in total. The molecule has 7 heteroatoms. The van der Waals surface area contributed by atoms with E-state index in [9.17, 15) is 8.42 Å². The Morgan fingerprint density at radius 1 is 1.05 bits per heavy atom. The van der Waals surface area contributed by atoms with Gasteiger partial charge in [-0.15, -0.1) is 0 Å². The maximum atomic E-state index is 11.3. The van der Waals surface area contributed by atoms with Crippen LogP contribution in [0.3, 0.4) is 0 Å². The number of nitrogens with zero attached hydrogens (tertiary/aromatic N) is 3. The van der Waals surface area contributed by atoms with Crippen molar-refractivity contribution in [3.63, 3.8) is 0 Å². The van der Waals surface area contributed by atoms with Crippen molar-refractivity contribution in [1.29, 1.82) is 0 Å². The third-order valence-corrected chi connectivity index (χ3v) is 4.15. The first kappa shape index (κ1) is 14.4. The lowest BCUT2D eigenvalue weighted by Gasteiger charge is -2.08. The summed E-state index contributed by atoms with van der Waals surface area (Å²) in [5, 5.41) is 9.58. The van der Waals surface area contributed by atoms with Gasteiger partial charge in [-0.25, -0.2) is 18.2 Å². The Kier molecular flexibility index (Phi) is 3.51. The number of aromatic nitrogens is 3. The molecule has 0 radical (unpaired) electrons. The van der Waals surface area contributed by atoms with Gasteiger partial charge >= 0.3 is 0 Å². The summed E-state index contributed by atoms with van der Waals surface area (Å²) in [6.07, 6.45) is 3.43. The van der Waals surface area contributed by atoms with E-state index in [-0.39, 0.29) is 4.90 Å². The molecule has 0 unspecified atom stereocenters. The number of benzene rings is 1. The van der Waals surface area contributed by atoms with E-state index >= 15 is 0 Å². The van der Waals surface area contributed by atoms with Gasteiger partial charge in [0.15, 0.2) is 0 Å². The molecule has 0 bridgehead atoms. The van der Waals surface area contributed by atoms with Gasteiger partial charge in [-0.3, -0.25) is 4.98 Å². The zero-order valence-corrected chi connectivity index (χ0v) is 12.7. The smallest absolute Gasteiger partial charge is 0.238 e. The Balaban J connectivity index is 2.10. The van der Waals surface area contributed by atoms with Gasteiger partial charge in [0.2, 0.25) is 10.0 Å². The summed E-state index contributed by atoms with van der Waals surface area (Å²) in [4.78, 5) is 4.08. The molecule has 0 fully saturated rings. The maximum Gasteiger partial charge on any atom is 0.238 e. The van der Waals surface area contributed by atoms with Crippen molar-refractivity contribution in [2.45, 2.75) is 11.8 Å². The Morgan fingerprint density at radius 2 is 1.68 bits per heavy atom. The molecule has 0 aliphatic heterocycles. The van der Waals surface area contributed by atoms with Crippen LogP contribution >= 0.6 is 0 Å². The highest BCUT2D eigenvalue weighted by atomic mass is 32.2. The molecule has 1 aromatic carbocycles. The highest BCUT2D eigenvalue weighted by Gasteiger charge is 2.12. The summed E-state index contributed by atoms with van der Waals surface area (Å²) < 4.78 is 24.4. The van der Waals surface area contributed by atoms with Gasteiger partial charge in [0.1, 0.15) is 0 Å². The minimum atomic E-state index is -3.70. The summed E-state index contributed by atoms with van der Waals surface area (Å²) in [6.45, 7) is 1.90. The van der Waals surface area contributed by atoms with Gasteiger partial charge in [0.25, 0.3) is 0 Å². The molecule has 3 aromatic rings. The molecule has 22 heavy (non-hydrogen) atoms. The normalized spacial score (nSPS) is 11.5. The third-order valence-electron chi connectivity index (χ3n) is 3.22. The molecule has 0 spiro atoms. The molecular weight excluding hydrogens is 300 g/mol. The minimum Gasteiger partial charge on any atom is -0.265 e. The van der Waals surface area contributed by atoms with Crippen molar-refractivity contribution >= 4 is 10.0 Å². The first-order chi connectivity index (χ1) is 10.4. The molecule has 0 aliphatic carbocycles. The van der Waals surface area contributed by atoms with E-state index in [0.29, 0.717) is 0 Å². The molecular formula is C15H14N4O2S. The minimum absolute atomic E-state index is 0.0746. The molecule has 0 saturated carbocycles. The van der Waals surface area contributed by atoms with Crippen molar-refractivity contribution in [3.05, 3.63) is 60.6 Å². The fraction of sp³-hybridized carbons (Fsp3) is 0.0667. The van der Waals surface area contributed by atoms with E-state index in [2.05, 4.69) is 10.1 Å². The molecule has 2 aromatic heterocycles. The number of aryl methyl sites for hydroxylation is 1. The Hall–Kier alpha value is -2.51. The van der Waals surface area contributed by atoms with Crippen molar-refractivity contribution in [1.82, 2.24) is 14.8 Å². The van der Waals surface area contributed by atoms with Crippen molar-refractivity contribution < 1.29 is 8.42 Å².